The molecule has 1 aromatic carbocycles. The van der Waals surface area contributed by atoms with Gasteiger partial charge in [0.05, 0.1) is 47.6 Å². The highest BCUT2D eigenvalue weighted by Crippen LogP contribution is 2.66. The van der Waals surface area contributed by atoms with Crippen LogP contribution in [-0.2, 0) is 13.6 Å². The van der Waals surface area contributed by atoms with Crippen LogP contribution in [0.3, 0.4) is 0 Å². The van der Waals surface area contributed by atoms with Gasteiger partial charge in [-0.3, -0.25) is 9.36 Å². The third-order valence-corrected chi connectivity index (χ3v) is 9.57. The first-order valence-electron chi connectivity index (χ1n) is 12.3. The normalized spacial score (nSPS) is 19.5. The van der Waals surface area contributed by atoms with Gasteiger partial charge in [-0.25, -0.2) is 4.98 Å². The van der Waals surface area contributed by atoms with Gasteiger partial charge in [0.25, 0.3) is 5.91 Å². The Morgan fingerprint density at radius 3 is 2.53 bits per heavy atom. The number of aliphatic hydroxyl groups excluding tert-OH is 1. The Labute approximate surface area is 223 Å². The lowest BCUT2D eigenvalue weighted by Gasteiger charge is -2.37. The molecule has 1 aliphatic heterocycles. The fraction of sp³-hybridized carbons (Fsp3) is 0.500. The highest BCUT2D eigenvalue weighted by atomic mass is 32.1. The van der Waals surface area contributed by atoms with Crippen molar-refractivity contribution in [2.24, 2.45) is 0 Å². The van der Waals surface area contributed by atoms with E-state index in [-0.39, 0.29) is 36.8 Å². The SMILES string of the molecule is CCOP(=O)(OCC)C(F)(F)C(O)c1csc([C@@H]2CC[C@@H](C)N(C(=O)c3ccccc3-n3nccn3)C2)n1. The summed E-state index contributed by atoms with van der Waals surface area (Å²) in [5, 5.41) is 20.6. The molecule has 0 bridgehead atoms. The van der Waals surface area contributed by atoms with Crippen LogP contribution < -0.4 is 0 Å². The van der Waals surface area contributed by atoms with Gasteiger partial charge in [0.2, 0.25) is 0 Å². The van der Waals surface area contributed by atoms with Gasteiger partial charge < -0.3 is 19.1 Å². The van der Waals surface area contributed by atoms with E-state index in [2.05, 4.69) is 15.2 Å². The lowest BCUT2D eigenvalue weighted by molar-refractivity contribution is -0.0693. The van der Waals surface area contributed by atoms with Crippen molar-refractivity contribution < 1.29 is 32.3 Å². The van der Waals surface area contributed by atoms with Crippen molar-refractivity contribution in [2.45, 2.75) is 57.3 Å². The first-order valence-corrected chi connectivity index (χ1v) is 14.7. The van der Waals surface area contributed by atoms with E-state index in [0.29, 0.717) is 35.6 Å². The van der Waals surface area contributed by atoms with E-state index in [9.17, 15) is 14.5 Å². The molecule has 10 nitrogen and oxygen atoms in total. The quantitative estimate of drug-likeness (QED) is 0.338. The van der Waals surface area contributed by atoms with E-state index in [1.54, 1.807) is 29.2 Å². The van der Waals surface area contributed by atoms with Crippen molar-refractivity contribution in [1.29, 1.82) is 0 Å². The van der Waals surface area contributed by atoms with Crippen molar-refractivity contribution in [2.75, 3.05) is 19.8 Å². The first-order chi connectivity index (χ1) is 18.1. The van der Waals surface area contributed by atoms with Crippen LogP contribution in [0.25, 0.3) is 5.69 Å². The van der Waals surface area contributed by atoms with Crippen LogP contribution in [0.1, 0.15) is 66.7 Å². The zero-order valence-electron chi connectivity index (χ0n) is 21.2. The Morgan fingerprint density at radius 1 is 1.21 bits per heavy atom. The number of halogens is 2. The Hall–Kier alpha value is -2.57. The molecule has 1 amide bonds. The standard InChI is InChI=1S/C24H30F2N5O5PS/c1-4-35-37(34,36-5-2)24(25,26)21(32)19-15-38-22(29-19)17-11-10-16(3)30(14-17)23(33)18-8-6-7-9-20(18)31-27-12-13-28-31/h6-9,12-13,15-17,21,32H,4-5,10-11,14H2,1-3H3/t16-,17-,21?/m1/s1. The van der Waals surface area contributed by atoms with Gasteiger partial charge in [-0.1, -0.05) is 12.1 Å². The molecule has 0 spiro atoms. The van der Waals surface area contributed by atoms with E-state index >= 15 is 8.78 Å². The molecular formula is C24H30F2N5O5PS. The molecular weight excluding hydrogens is 539 g/mol. The number of benzene rings is 1. The summed E-state index contributed by atoms with van der Waals surface area (Å²) in [6, 6.07) is 6.98. The van der Waals surface area contributed by atoms with E-state index in [4.69, 9.17) is 9.05 Å². The lowest BCUT2D eigenvalue weighted by atomic mass is 9.93. The van der Waals surface area contributed by atoms with E-state index in [0.717, 1.165) is 11.3 Å². The number of likely N-dealkylation sites (tertiary alicyclic amines) is 1. The summed E-state index contributed by atoms with van der Waals surface area (Å²) in [5.41, 5.74) is -3.53. The molecule has 4 rings (SSSR count). The Bertz CT molecular complexity index is 1280. The minimum atomic E-state index is -4.94. The molecule has 38 heavy (non-hydrogen) atoms. The number of alkyl halides is 2. The average Bonchev–Trinajstić information content (AvgIpc) is 3.61. The van der Waals surface area contributed by atoms with E-state index in [1.165, 1.54) is 36.4 Å². The molecule has 0 saturated carbocycles. The fourth-order valence-corrected chi connectivity index (χ4v) is 6.90. The second-order valence-corrected chi connectivity index (χ2v) is 11.8. The Kier molecular flexibility index (Phi) is 8.73. The maximum Gasteiger partial charge on any atom is 0.402 e. The largest absolute Gasteiger partial charge is 0.402 e. The number of para-hydroxylation sites is 1. The number of carbonyl (C=O) groups is 1. The third kappa shape index (κ3) is 5.43. The lowest BCUT2D eigenvalue weighted by Crippen LogP contribution is -2.45. The average molecular weight is 570 g/mol. The van der Waals surface area contributed by atoms with Crippen molar-refractivity contribution in [3.8, 4) is 5.69 Å². The summed E-state index contributed by atoms with van der Waals surface area (Å²) in [4.78, 5) is 21.0. The predicted octanol–water partition coefficient (Wildman–Crippen LogP) is 5.02. The van der Waals surface area contributed by atoms with E-state index in [1.807, 2.05) is 6.92 Å². The minimum absolute atomic E-state index is 0.0602. The molecule has 0 aliphatic carbocycles. The highest BCUT2D eigenvalue weighted by Gasteiger charge is 2.59. The number of thiazole rings is 1. The van der Waals surface area contributed by atoms with Gasteiger partial charge in [0.15, 0.2) is 6.10 Å². The second kappa shape index (κ2) is 11.7. The fourth-order valence-electron chi connectivity index (χ4n) is 4.41. The third-order valence-electron chi connectivity index (χ3n) is 6.37. The number of aliphatic hydroxyl groups is 1. The summed E-state index contributed by atoms with van der Waals surface area (Å²) in [6.07, 6.45) is 1.94. The monoisotopic (exact) mass is 569 g/mol. The van der Waals surface area contributed by atoms with Crippen LogP contribution in [0.15, 0.2) is 42.0 Å². The first kappa shape index (κ1) is 28.4. The van der Waals surface area contributed by atoms with Gasteiger partial charge in [0.1, 0.15) is 0 Å². The molecule has 1 N–H and O–H groups in total. The Morgan fingerprint density at radius 2 is 1.87 bits per heavy atom. The maximum atomic E-state index is 15.1. The number of nitrogens with zero attached hydrogens (tertiary/aromatic N) is 5. The smallest absolute Gasteiger partial charge is 0.380 e. The summed E-state index contributed by atoms with van der Waals surface area (Å²) in [5.74, 6) is -0.428. The van der Waals surface area contributed by atoms with Crippen LogP contribution in [0.5, 0.6) is 0 Å². The zero-order valence-corrected chi connectivity index (χ0v) is 22.9. The molecule has 14 heteroatoms. The Balaban J connectivity index is 1.55. The van der Waals surface area contributed by atoms with Crippen LogP contribution in [0, 0.1) is 0 Å². The summed E-state index contributed by atoms with van der Waals surface area (Å²) in [6.45, 7) is 4.56. The van der Waals surface area contributed by atoms with Crippen LogP contribution >= 0.6 is 18.9 Å². The molecule has 3 heterocycles. The molecule has 3 atom stereocenters. The number of hydrogen-bond acceptors (Lipinski definition) is 9. The molecule has 0 radical (unpaired) electrons. The van der Waals surface area contributed by atoms with Crippen molar-refractivity contribution in [3.63, 3.8) is 0 Å². The van der Waals surface area contributed by atoms with E-state index < -0.39 is 19.4 Å². The number of piperidine rings is 1. The van der Waals surface area contributed by atoms with Gasteiger partial charge in [-0.15, -0.1) is 11.3 Å². The zero-order chi connectivity index (χ0) is 27.5. The van der Waals surface area contributed by atoms with Gasteiger partial charge in [-0.05, 0) is 45.7 Å². The second-order valence-electron chi connectivity index (χ2n) is 8.85. The van der Waals surface area contributed by atoms with Crippen LogP contribution in [-0.4, -0.2) is 67.4 Å². The molecule has 2 aromatic heterocycles. The molecule has 3 aromatic rings. The van der Waals surface area contributed by atoms with Crippen LogP contribution in [0.2, 0.25) is 0 Å². The van der Waals surface area contributed by atoms with Gasteiger partial charge in [-0.2, -0.15) is 23.8 Å². The summed E-state index contributed by atoms with van der Waals surface area (Å²) < 4.78 is 52.4. The van der Waals surface area contributed by atoms with Crippen LogP contribution in [0.4, 0.5) is 8.78 Å². The van der Waals surface area contributed by atoms with Gasteiger partial charge >= 0.3 is 13.3 Å². The molecule has 1 aliphatic rings. The highest BCUT2D eigenvalue weighted by molar-refractivity contribution is 7.55. The summed E-state index contributed by atoms with van der Waals surface area (Å²) >= 11 is 1.11. The molecule has 1 unspecified atom stereocenters. The van der Waals surface area contributed by atoms with Crippen molar-refractivity contribution >= 4 is 24.8 Å². The van der Waals surface area contributed by atoms with Gasteiger partial charge in [0, 0.05) is 23.9 Å². The summed E-state index contributed by atoms with van der Waals surface area (Å²) in [7, 11) is -4.94. The topological polar surface area (TPSA) is 120 Å². The maximum absolute atomic E-state index is 15.1. The van der Waals surface area contributed by atoms with Crippen molar-refractivity contribution in [3.05, 3.63) is 58.3 Å². The number of hydrogen-bond donors (Lipinski definition) is 1. The van der Waals surface area contributed by atoms with Crippen molar-refractivity contribution in [1.82, 2.24) is 24.9 Å². The number of aromatic nitrogens is 4. The number of carbonyl (C=O) groups excluding carboxylic acids is 1. The molecule has 1 saturated heterocycles. The number of amides is 1. The molecule has 1 fully saturated rings. The molecule has 206 valence electrons. The minimum Gasteiger partial charge on any atom is -0.380 e. The number of rotatable bonds is 10. The predicted molar refractivity (Wildman–Crippen MR) is 137 cm³/mol.